The Morgan fingerprint density at radius 2 is 1.69 bits per heavy atom. The molecular weight excluding hydrogens is 408 g/mol. The fourth-order valence-electron chi connectivity index (χ4n) is 2.91. The number of hydrogen-bond acceptors (Lipinski definition) is 3. The van der Waals surface area contributed by atoms with Crippen LogP contribution >= 0.6 is 11.6 Å². The van der Waals surface area contributed by atoms with Gasteiger partial charge in [0.05, 0.1) is 10.6 Å². The van der Waals surface area contributed by atoms with E-state index in [0.717, 1.165) is 15.4 Å². The summed E-state index contributed by atoms with van der Waals surface area (Å²) in [4.78, 5) is 12.9. The maximum absolute atomic E-state index is 13.3. The molecule has 0 aliphatic carbocycles. The molecule has 0 aromatic heterocycles. The largest absolute Gasteiger partial charge is 0.324 e. The molecule has 3 rings (SSSR count). The zero-order chi connectivity index (χ0) is 21.0. The van der Waals surface area contributed by atoms with Gasteiger partial charge in [0.1, 0.15) is 6.54 Å². The number of benzene rings is 3. The Bertz CT molecular complexity index is 1130. The average molecular weight is 429 g/mol. The normalized spacial score (nSPS) is 11.1. The molecule has 29 heavy (non-hydrogen) atoms. The van der Waals surface area contributed by atoms with Crippen LogP contribution in [0, 0.1) is 13.8 Å². The predicted molar refractivity (Wildman–Crippen MR) is 117 cm³/mol. The van der Waals surface area contributed by atoms with Crippen LogP contribution < -0.4 is 9.62 Å². The number of aryl methyl sites for hydroxylation is 2. The summed E-state index contributed by atoms with van der Waals surface area (Å²) >= 11 is 5.96. The molecule has 1 amide bonds. The summed E-state index contributed by atoms with van der Waals surface area (Å²) in [5, 5.41) is 3.34. The van der Waals surface area contributed by atoms with Crippen molar-refractivity contribution in [3.63, 3.8) is 0 Å². The monoisotopic (exact) mass is 428 g/mol. The van der Waals surface area contributed by atoms with Crippen LogP contribution in [0.4, 0.5) is 11.4 Å². The van der Waals surface area contributed by atoms with Gasteiger partial charge in [-0.15, -0.1) is 0 Å². The average Bonchev–Trinajstić information content (AvgIpc) is 2.69. The number of sulfonamides is 1. The summed E-state index contributed by atoms with van der Waals surface area (Å²) in [7, 11) is -3.92. The molecule has 0 unspecified atom stereocenters. The van der Waals surface area contributed by atoms with Crippen molar-refractivity contribution in [1.82, 2.24) is 0 Å². The van der Waals surface area contributed by atoms with E-state index in [1.807, 2.05) is 19.9 Å². The highest BCUT2D eigenvalue weighted by Crippen LogP contribution is 2.25. The van der Waals surface area contributed by atoms with Gasteiger partial charge in [0.2, 0.25) is 5.91 Å². The quantitative estimate of drug-likeness (QED) is 0.613. The van der Waals surface area contributed by atoms with E-state index in [9.17, 15) is 13.2 Å². The maximum Gasteiger partial charge on any atom is 0.264 e. The lowest BCUT2D eigenvalue weighted by molar-refractivity contribution is -0.114. The number of rotatable bonds is 6. The summed E-state index contributed by atoms with van der Waals surface area (Å²) in [5.41, 5.74) is 2.70. The van der Waals surface area contributed by atoms with Crippen molar-refractivity contribution in [2.75, 3.05) is 16.2 Å². The fraction of sp³-hybridized carbons (Fsp3) is 0.136. The first-order valence-electron chi connectivity index (χ1n) is 8.98. The third-order valence-corrected chi connectivity index (χ3v) is 6.39. The first kappa shape index (κ1) is 20.9. The highest BCUT2D eigenvalue weighted by Gasteiger charge is 2.27. The van der Waals surface area contributed by atoms with Crippen molar-refractivity contribution in [1.29, 1.82) is 0 Å². The van der Waals surface area contributed by atoms with Gasteiger partial charge in [-0.25, -0.2) is 8.42 Å². The molecule has 3 aromatic carbocycles. The number of carbonyl (C=O) groups is 1. The second kappa shape index (κ2) is 8.68. The van der Waals surface area contributed by atoms with E-state index in [4.69, 9.17) is 11.6 Å². The van der Waals surface area contributed by atoms with Crippen molar-refractivity contribution in [2.45, 2.75) is 18.7 Å². The molecule has 5 nitrogen and oxygen atoms in total. The van der Waals surface area contributed by atoms with E-state index in [1.54, 1.807) is 54.6 Å². The van der Waals surface area contributed by atoms with E-state index < -0.39 is 15.9 Å². The van der Waals surface area contributed by atoms with Crippen molar-refractivity contribution in [3.8, 4) is 0 Å². The number of nitrogens with zero attached hydrogens (tertiary/aromatic N) is 1. The van der Waals surface area contributed by atoms with Gasteiger partial charge < -0.3 is 5.32 Å². The van der Waals surface area contributed by atoms with Crippen LogP contribution in [-0.4, -0.2) is 20.9 Å². The van der Waals surface area contributed by atoms with E-state index in [1.165, 1.54) is 12.1 Å². The Kier molecular flexibility index (Phi) is 6.25. The highest BCUT2D eigenvalue weighted by atomic mass is 35.5. The zero-order valence-corrected chi connectivity index (χ0v) is 17.7. The number of nitrogens with one attached hydrogen (secondary N) is 1. The predicted octanol–water partition coefficient (Wildman–Crippen LogP) is 4.79. The minimum atomic E-state index is -3.92. The molecule has 0 fully saturated rings. The van der Waals surface area contributed by atoms with Gasteiger partial charge in [-0.1, -0.05) is 41.9 Å². The minimum absolute atomic E-state index is 0.122. The highest BCUT2D eigenvalue weighted by molar-refractivity contribution is 7.92. The minimum Gasteiger partial charge on any atom is -0.324 e. The maximum atomic E-state index is 13.3. The van der Waals surface area contributed by atoms with Gasteiger partial charge in [-0.05, 0) is 67.4 Å². The molecule has 3 aromatic rings. The molecule has 7 heteroatoms. The van der Waals surface area contributed by atoms with E-state index in [0.29, 0.717) is 16.4 Å². The molecule has 0 saturated carbocycles. The third kappa shape index (κ3) is 4.96. The first-order chi connectivity index (χ1) is 13.8. The van der Waals surface area contributed by atoms with Gasteiger partial charge >= 0.3 is 0 Å². The van der Waals surface area contributed by atoms with Gasteiger partial charge in [0, 0.05) is 10.7 Å². The van der Waals surface area contributed by atoms with Crippen molar-refractivity contribution < 1.29 is 13.2 Å². The van der Waals surface area contributed by atoms with E-state index >= 15 is 0 Å². The molecule has 0 atom stereocenters. The zero-order valence-electron chi connectivity index (χ0n) is 16.1. The number of halogens is 1. The van der Waals surface area contributed by atoms with E-state index in [2.05, 4.69) is 5.32 Å². The SMILES string of the molecule is Cc1cccc(N(CC(=O)Nc2ccc(Cl)cc2C)S(=O)(=O)c2ccccc2)c1. The Balaban J connectivity index is 1.94. The fourth-order valence-corrected chi connectivity index (χ4v) is 4.57. The van der Waals surface area contributed by atoms with Crippen LogP contribution in [-0.2, 0) is 14.8 Å². The molecule has 150 valence electrons. The molecule has 0 saturated heterocycles. The second-order valence-electron chi connectivity index (χ2n) is 6.67. The van der Waals surface area contributed by atoms with Crippen LogP contribution in [0.3, 0.4) is 0 Å². The number of amides is 1. The summed E-state index contributed by atoms with van der Waals surface area (Å²) in [5.74, 6) is -0.448. The molecule has 0 heterocycles. The second-order valence-corrected chi connectivity index (χ2v) is 8.97. The molecule has 1 N–H and O–H groups in total. The van der Waals surface area contributed by atoms with Gasteiger partial charge in [0.15, 0.2) is 0 Å². The van der Waals surface area contributed by atoms with Crippen molar-refractivity contribution in [3.05, 3.63) is 88.9 Å². The van der Waals surface area contributed by atoms with Crippen LogP contribution in [0.1, 0.15) is 11.1 Å². The molecule has 0 aliphatic rings. The summed E-state index contributed by atoms with van der Waals surface area (Å²) < 4.78 is 27.7. The van der Waals surface area contributed by atoms with E-state index in [-0.39, 0.29) is 11.4 Å². The summed E-state index contributed by atoms with van der Waals surface area (Å²) in [6.07, 6.45) is 0. The topological polar surface area (TPSA) is 66.5 Å². The lowest BCUT2D eigenvalue weighted by atomic mass is 10.2. The van der Waals surface area contributed by atoms with Gasteiger partial charge in [-0.2, -0.15) is 0 Å². The van der Waals surface area contributed by atoms with Crippen molar-refractivity contribution in [2.24, 2.45) is 0 Å². The van der Waals surface area contributed by atoms with Gasteiger partial charge in [0.25, 0.3) is 10.0 Å². The Morgan fingerprint density at radius 3 is 2.34 bits per heavy atom. The summed E-state index contributed by atoms with van der Waals surface area (Å²) in [6, 6.07) is 20.2. The molecule has 0 aliphatic heterocycles. The third-order valence-electron chi connectivity index (χ3n) is 4.37. The standard InChI is InChI=1S/C22H21ClN2O3S/c1-16-7-6-8-19(13-16)25(29(27,28)20-9-4-3-5-10-20)15-22(26)24-21-12-11-18(23)14-17(21)2/h3-14H,15H2,1-2H3,(H,24,26). The lowest BCUT2D eigenvalue weighted by Gasteiger charge is -2.24. The number of anilines is 2. The molecule has 0 bridgehead atoms. The van der Waals surface area contributed by atoms with Crippen LogP contribution in [0.5, 0.6) is 0 Å². The van der Waals surface area contributed by atoms with Crippen LogP contribution in [0.15, 0.2) is 77.7 Å². The molecular formula is C22H21ClN2O3S. The van der Waals surface area contributed by atoms with Crippen LogP contribution in [0.25, 0.3) is 0 Å². The summed E-state index contributed by atoms with van der Waals surface area (Å²) in [6.45, 7) is 3.33. The Hall–Kier alpha value is -2.83. The lowest BCUT2D eigenvalue weighted by Crippen LogP contribution is -2.38. The Morgan fingerprint density at radius 1 is 0.966 bits per heavy atom. The van der Waals surface area contributed by atoms with Gasteiger partial charge in [-0.3, -0.25) is 9.10 Å². The van der Waals surface area contributed by atoms with Crippen LogP contribution in [0.2, 0.25) is 5.02 Å². The number of hydrogen-bond donors (Lipinski definition) is 1. The molecule has 0 spiro atoms. The molecule has 0 radical (unpaired) electrons. The van der Waals surface area contributed by atoms with Crippen molar-refractivity contribution >= 4 is 38.9 Å². The number of carbonyl (C=O) groups excluding carboxylic acids is 1. The smallest absolute Gasteiger partial charge is 0.264 e. The Labute approximate surface area is 176 Å². The first-order valence-corrected chi connectivity index (χ1v) is 10.8.